The number of carbonyl (C=O) groups is 2. The molecule has 3 heteroatoms. The Hall–Kier alpha value is -2.08. The predicted molar refractivity (Wildman–Crippen MR) is 57.3 cm³/mol. The number of hydrogen-bond acceptors (Lipinski definition) is 2. The molecule has 1 aromatic carbocycles. The summed E-state index contributed by atoms with van der Waals surface area (Å²) < 4.78 is 0. The molecule has 2 N–H and O–H groups in total. The van der Waals surface area contributed by atoms with Crippen molar-refractivity contribution in [3.8, 4) is 11.8 Å². The Morgan fingerprint density at radius 3 is 2.87 bits per heavy atom. The Kier molecular flexibility index (Phi) is 3.64. The molecule has 0 spiro atoms. The van der Waals surface area contributed by atoms with E-state index in [2.05, 4.69) is 11.8 Å². The van der Waals surface area contributed by atoms with Crippen LogP contribution in [0.4, 0.5) is 0 Å². The van der Waals surface area contributed by atoms with Crippen molar-refractivity contribution in [3.05, 3.63) is 34.9 Å². The average molecular weight is 201 g/mol. The minimum atomic E-state index is -0.470. The van der Waals surface area contributed by atoms with Crippen LogP contribution in [0.15, 0.2) is 18.2 Å². The molecule has 0 aliphatic heterocycles. The van der Waals surface area contributed by atoms with Gasteiger partial charge in [-0.1, -0.05) is 23.5 Å². The maximum atomic E-state index is 10.7. The van der Waals surface area contributed by atoms with Gasteiger partial charge >= 0.3 is 0 Å². The molecule has 0 aliphatic carbocycles. The molecule has 3 nitrogen and oxygen atoms in total. The predicted octanol–water partition coefficient (Wildman–Crippen LogP) is 1.03. The molecule has 1 rings (SSSR count). The molecule has 0 atom stereocenters. The second-order valence-corrected chi connectivity index (χ2v) is 3.15. The summed E-state index contributed by atoms with van der Waals surface area (Å²) in [5, 5.41) is 0. The number of amides is 1. The van der Waals surface area contributed by atoms with Gasteiger partial charge in [-0.25, -0.2) is 0 Å². The van der Waals surface area contributed by atoms with Crippen LogP contribution in [0.1, 0.15) is 27.9 Å². The summed E-state index contributed by atoms with van der Waals surface area (Å²) in [4.78, 5) is 21.2. The van der Waals surface area contributed by atoms with Gasteiger partial charge in [0.15, 0.2) is 6.29 Å². The fraction of sp³-hybridized carbons (Fsp3) is 0.167. The van der Waals surface area contributed by atoms with Crippen LogP contribution >= 0.6 is 0 Å². The number of benzene rings is 1. The third-order valence-electron chi connectivity index (χ3n) is 1.82. The average Bonchev–Trinajstić information content (AvgIpc) is 2.19. The van der Waals surface area contributed by atoms with Crippen LogP contribution in [0.25, 0.3) is 0 Å². The standard InChI is InChI=1S/C12H11NO2/c1-9-5-6-10(11(7-9)8-14)3-2-4-12(13)15/h5-8H,4H2,1H3,(H2,13,15). The minimum absolute atomic E-state index is 0.00612. The molecule has 0 heterocycles. The highest BCUT2D eigenvalue weighted by atomic mass is 16.1. The van der Waals surface area contributed by atoms with E-state index in [9.17, 15) is 9.59 Å². The molecule has 0 saturated heterocycles. The van der Waals surface area contributed by atoms with Gasteiger partial charge in [0.1, 0.15) is 0 Å². The Morgan fingerprint density at radius 2 is 2.27 bits per heavy atom. The Morgan fingerprint density at radius 1 is 1.53 bits per heavy atom. The first-order valence-corrected chi connectivity index (χ1v) is 4.46. The lowest BCUT2D eigenvalue weighted by Crippen LogP contribution is -2.08. The van der Waals surface area contributed by atoms with Gasteiger partial charge in [-0.2, -0.15) is 0 Å². The normalized spacial score (nSPS) is 8.87. The lowest BCUT2D eigenvalue weighted by atomic mass is 10.1. The first-order valence-electron chi connectivity index (χ1n) is 4.46. The van der Waals surface area contributed by atoms with Crippen molar-refractivity contribution in [1.82, 2.24) is 0 Å². The molecule has 0 radical (unpaired) electrons. The molecule has 0 fully saturated rings. The van der Waals surface area contributed by atoms with E-state index in [0.29, 0.717) is 11.1 Å². The van der Waals surface area contributed by atoms with Crippen molar-refractivity contribution in [2.45, 2.75) is 13.3 Å². The van der Waals surface area contributed by atoms with Crippen LogP contribution in [0.3, 0.4) is 0 Å². The Bertz CT molecular complexity index is 452. The molecule has 0 saturated carbocycles. The molecule has 0 aromatic heterocycles. The number of primary amides is 1. The zero-order valence-electron chi connectivity index (χ0n) is 8.41. The van der Waals surface area contributed by atoms with Crippen molar-refractivity contribution in [2.75, 3.05) is 0 Å². The minimum Gasteiger partial charge on any atom is -0.369 e. The van der Waals surface area contributed by atoms with Gasteiger partial charge in [-0.3, -0.25) is 9.59 Å². The van der Waals surface area contributed by atoms with Gasteiger partial charge in [0, 0.05) is 11.1 Å². The van der Waals surface area contributed by atoms with Crippen LogP contribution in [-0.2, 0) is 4.79 Å². The number of carbonyl (C=O) groups excluding carboxylic acids is 2. The topological polar surface area (TPSA) is 60.2 Å². The molecule has 0 bridgehead atoms. The third kappa shape index (κ3) is 3.28. The monoisotopic (exact) mass is 201 g/mol. The molecule has 15 heavy (non-hydrogen) atoms. The van der Waals surface area contributed by atoms with Crippen LogP contribution in [0.5, 0.6) is 0 Å². The van der Waals surface area contributed by atoms with Crippen molar-refractivity contribution >= 4 is 12.2 Å². The van der Waals surface area contributed by atoms with E-state index in [4.69, 9.17) is 5.73 Å². The summed E-state index contributed by atoms with van der Waals surface area (Å²) in [5.41, 5.74) is 7.09. The first kappa shape index (κ1) is 11.0. The van der Waals surface area contributed by atoms with Crippen molar-refractivity contribution in [3.63, 3.8) is 0 Å². The van der Waals surface area contributed by atoms with Gasteiger partial charge < -0.3 is 5.73 Å². The maximum Gasteiger partial charge on any atom is 0.229 e. The highest BCUT2D eigenvalue weighted by Crippen LogP contribution is 2.08. The highest BCUT2D eigenvalue weighted by Gasteiger charge is 1.98. The molecular weight excluding hydrogens is 190 g/mol. The van der Waals surface area contributed by atoms with Gasteiger partial charge in [-0.15, -0.1) is 0 Å². The third-order valence-corrected chi connectivity index (χ3v) is 1.82. The van der Waals surface area contributed by atoms with E-state index in [0.717, 1.165) is 11.8 Å². The second kappa shape index (κ2) is 4.97. The van der Waals surface area contributed by atoms with E-state index >= 15 is 0 Å². The summed E-state index contributed by atoms with van der Waals surface area (Å²) in [5.74, 6) is 4.88. The SMILES string of the molecule is Cc1ccc(C#CCC(N)=O)c(C=O)c1. The zero-order valence-corrected chi connectivity index (χ0v) is 8.41. The molecule has 0 unspecified atom stereocenters. The van der Waals surface area contributed by atoms with Gasteiger partial charge in [0.2, 0.25) is 5.91 Å². The van der Waals surface area contributed by atoms with Crippen molar-refractivity contribution in [2.24, 2.45) is 5.73 Å². The molecule has 1 amide bonds. The van der Waals surface area contributed by atoms with E-state index in [1.54, 1.807) is 12.1 Å². The lowest BCUT2D eigenvalue weighted by Gasteiger charge is -1.97. The number of hydrogen-bond donors (Lipinski definition) is 1. The molecular formula is C12H11NO2. The van der Waals surface area contributed by atoms with E-state index in [1.807, 2.05) is 13.0 Å². The summed E-state index contributed by atoms with van der Waals surface area (Å²) in [6, 6.07) is 5.37. The van der Waals surface area contributed by atoms with E-state index in [-0.39, 0.29) is 6.42 Å². The van der Waals surface area contributed by atoms with Crippen LogP contribution in [0.2, 0.25) is 0 Å². The van der Waals surface area contributed by atoms with E-state index < -0.39 is 5.91 Å². The quantitative estimate of drug-likeness (QED) is 0.574. The Labute approximate surface area is 88.3 Å². The second-order valence-electron chi connectivity index (χ2n) is 3.15. The molecule has 1 aromatic rings. The highest BCUT2D eigenvalue weighted by molar-refractivity contribution is 5.80. The summed E-state index contributed by atoms with van der Waals surface area (Å²) in [6.45, 7) is 1.90. The summed E-state index contributed by atoms with van der Waals surface area (Å²) in [7, 11) is 0. The number of nitrogens with two attached hydrogens (primary N) is 1. The van der Waals surface area contributed by atoms with Gasteiger partial charge in [-0.05, 0) is 19.1 Å². The maximum absolute atomic E-state index is 10.7. The van der Waals surface area contributed by atoms with E-state index in [1.165, 1.54) is 0 Å². The van der Waals surface area contributed by atoms with Crippen LogP contribution in [0, 0.1) is 18.8 Å². The van der Waals surface area contributed by atoms with Crippen LogP contribution < -0.4 is 5.73 Å². The van der Waals surface area contributed by atoms with Crippen molar-refractivity contribution < 1.29 is 9.59 Å². The smallest absolute Gasteiger partial charge is 0.229 e. The fourth-order valence-corrected chi connectivity index (χ4v) is 1.12. The lowest BCUT2D eigenvalue weighted by molar-refractivity contribution is -0.117. The summed E-state index contributed by atoms with van der Waals surface area (Å²) >= 11 is 0. The fourth-order valence-electron chi connectivity index (χ4n) is 1.12. The van der Waals surface area contributed by atoms with Gasteiger partial charge in [0.05, 0.1) is 6.42 Å². The number of aryl methyl sites for hydroxylation is 1. The number of aldehydes is 1. The molecule has 0 aliphatic rings. The summed E-state index contributed by atoms with van der Waals surface area (Å²) in [6.07, 6.45) is 0.757. The largest absolute Gasteiger partial charge is 0.369 e. The first-order chi connectivity index (χ1) is 7.13. The molecule has 76 valence electrons. The number of rotatable bonds is 2. The van der Waals surface area contributed by atoms with Crippen molar-refractivity contribution in [1.29, 1.82) is 0 Å². The van der Waals surface area contributed by atoms with Crippen LogP contribution in [-0.4, -0.2) is 12.2 Å². The zero-order chi connectivity index (χ0) is 11.3. The van der Waals surface area contributed by atoms with Gasteiger partial charge in [0.25, 0.3) is 0 Å². The Balaban J connectivity index is 2.97.